The van der Waals surface area contributed by atoms with Crippen molar-refractivity contribution in [3.05, 3.63) is 79.3 Å². The van der Waals surface area contributed by atoms with Gasteiger partial charge in [-0.25, -0.2) is 0 Å². The number of rotatable bonds is 4. The first-order chi connectivity index (χ1) is 14.5. The quantitative estimate of drug-likeness (QED) is 0.551. The molecule has 1 unspecified atom stereocenters. The van der Waals surface area contributed by atoms with Crippen LogP contribution < -0.4 is 9.61 Å². The van der Waals surface area contributed by atoms with E-state index in [-0.39, 0.29) is 21.6 Å². The number of aromatic hydroxyl groups is 1. The van der Waals surface area contributed by atoms with E-state index in [1.807, 2.05) is 24.3 Å². The Balaban J connectivity index is 1.99. The van der Waals surface area contributed by atoms with Gasteiger partial charge in [-0.1, -0.05) is 63.3 Å². The van der Waals surface area contributed by atoms with Gasteiger partial charge in [0.15, 0.2) is 0 Å². The maximum atomic E-state index is 12.8. The van der Waals surface area contributed by atoms with Gasteiger partial charge in [-0.05, 0) is 70.5 Å². The Morgan fingerprint density at radius 2 is 1.61 bits per heavy atom. The Morgan fingerprint density at radius 1 is 1.03 bits per heavy atom. The summed E-state index contributed by atoms with van der Waals surface area (Å²) in [5, 5.41) is 12.1. The molecule has 0 bridgehead atoms. The van der Waals surface area contributed by atoms with E-state index in [0.717, 1.165) is 46.6 Å². The number of thiazole rings is 1. The molecule has 164 valence electrons. The van der Waals surface area contributed by atoms with Gasteiger partial charge >= 0.3 is 4.87 Å². The summed E-state index contributed by atoms with van der Waals surface area (Å²) in [5.74, 6) is 0.752. The van der Waals surface area contributed by atoms with Crippen LogP contribution in [-0.2, 0) is 10.8 Å². The molecule has 0 saturated carbocycles. The number of aryl methyl sites for hydroxylation is 1. The van der Waals surface area contributed by atoms with Crippen LogP contribution in [-0.4, -0.2) is 16.8 Å². The molecule has 4 nitrogen and oxygen atoms in total. The molecule has 0 spiro atoms. The van der Waals surface area contributed by atoms with Gasteiger partial charge in [-0.15, -0.1) is 0 Å². The highest BCUT2D eigenvalue weighted by atomic mass is 32.1. The van der Waals surface area contributed by atoms with Crippen LogP contribution in [0.3, 0.4) is 0 Å². The maximum Gasteiger partial charge on any atom is 0.310 e. The van der Waals surface area contributed by atoms with E-state index in [9.17, 15) is 9.90 Å². The average molecular weight is 438 g/mol. The van der Waals surface area contributed by atoms with Gasteiger partial charge in [-0.2, -0.15) is 0 Å². The number of fused-ring (bicyclic) bond motifs is 1. The molecule has 31 heavy (non-hydrogen) atoms. The number of ether oxygens (including phenoxy) is 1. The second-order valence-electron chi connectivity index (χ2n) is 9.93. The Bertz CT molecular complexity index is 1170. The number of hydrogen-bond acceptors (Lipinski definition) is 4. The second kappa shape index (κ2) is 7.56. The summed E-state index contributed by atoms with van der Waals surface area (Å²) < 4.78 is 6.83. The summed E-state index contributed by atoms with van der Waals surface area (Å²) in [4.78, 5) is 12.6. The first-order valence-corrected chi connectivity index (χ1v) is 11.6. The Morgan fingerprint density at radius 3 is 2.13 bits per heavy atom. The minimum absolute atomic E-state index is 0.00692. The minimum atomic E-state index is -0.407. The molecule has 0 saturated heterocycles. The van der Waals surface area contributed by atoms with Gasteiger partial charge < -0.3 is 9.84 Å². The van der Waals surface area contributed by atoms with Crippen molar-refractivity contribution in [3.63, 3.8) is 0 Å². The van der Waals surface area contributed by atoms with Crippen LogP contribution in [0, 0.1) is 6.92 Å². The van der Waals surface area contributed by atoms with Crippen molar-refractivity contribution in [3.8, 4) is 11.6 Å². The van der Waals surface area contributed by atoms with Crippen molar-refractivity contribution >= 4 is 11.3 Å². The predicted molar refractivity (Wildman–Crippen MR) is 127 cm³/mol. The number of hydrogen-bond donors (Lipinski definition) is 1. The van der Waals surface area contributed by atoms with Crippen molar-refractivity contribution < 1.29 is 9.84 Å². The molecular weight excluding hydrogens is 406 g/mol. The summed E-state index contributed by atoms with van der Waals surface area (Å²) in [7, 11) is 1.64. The fraction of sp³-hybridized carbons (Fsp3) is 0.423. The Kier molecular flexibility index (Phi) is 5.29. The molecular formula is C26H31NO3S. The van der Waals surface area contributed by atoms with Crippen molar-refractivity contribution in [2.75, 3.05) is 7.11 Å². The maximum absolute atomic E-state index is 12.8. The predicted octanol–water partition coefficient (Wildman–Crippen LogP) is 5.92. The minimum Gasteiger partial charge on any atom is -0.497 e. The Labute approximate surface area is 188 Å². The third kappa shape index (κ3) is 3.69. The lowest BCUT2D eigenvalue weighted by Gasteiger charge is -2.43. The van der Waals surface area contributed by atoms with Crippen LogP contribution >= 0.6 is 11.3 Å². The van der Waals surface area contributed by atoms with E-state index in [0.29, 0.717) is 0 Å². The number of nitrogens with zero attached hydrogens (tertiary/aromatic N) is 1. The van der Waals surface area contributed by atoms with Crippen molar-refractivity contribution in [1.82, 2.24) is 4.57 Å². The van der Waals surface area contributed by atoms with E-state index in [4.69, 9.17) is 4.74 Å². The Hall–Kier alpha value is -2.53. The molecule has 1 N–H and O–H groups in total. The highest BCUT2D eigenvalue weighted by Crippen LogP contribution is 2.48. The van der Waals surface area contributed by atoms with E-state index in [1.54, 1.807) is 7.11 Å². The number of methoxy groups -OCH3 is 1. The zero-order chi connectivity index (χ0) is 22.6. The third-order valence-corrected chi connectivity index (χ3v) is 7.66. The normalized spacial score (nSPS) is 17.7. The van der Waals surface area contributed by atoms with Crippen LogP contribution in [0.15, 0.2) is 46.6 Å². The van der Waals surface area contributed by atoms with Crippen LogP contribution in [0.1, 0.15) is 74.4 Å². The summed E-state index contributed by atoms with van der Waals surface area (Å²) >= 11 is 1.02. The lowest BCUT2D eigenvalue weighted by atomic mass is 9.62. The van der Waals surface area contributed by atoms with Gasteiger partial charge in [0.05, 0.1) is 18.5 Å². The third-order valence-electron chi connectivity index (χ3n) is 6.93. The lowest BCUT2D eigenvalue weighted by molar-refractivity contribution is 0.331. The highest BCUT2D eigenvalue weighted by molar-refractivity contribution is 7.07. The van der Waals surface area contributed by atoms with Crippen molar-refractivity contribution in [2.45, 2.75) is 64.3 Å². The molecule has 1 atom stereocenters. The summed E-state index contributed by atoms with van der Waals surface area (Å²) in [6.07, 6.45) is 2.27. The molecule has 1 aliphatic rings. The summed E-state index contributed by atoms with van der Waals surface area (Å²) in [6, 6.07) is 11.9. The van der Waals surface area contributed by atoms with Gasteiger partial charge in [0.25, 0.3) is 0 Å². The van der Waals surface area contributed by atoms with Gasteiger partial charge in [-0.3, -0.25) is 9.36 Å². The van der Waals surface area contributed by atoms with E-state index in [2.05, 4.69) is 46.8 Å². The lowest BCUT2D eigenvalue weighted by Crippen LogP contribution is -2.34. The molecule has 0 fully saturated rings. The monoisotopic (exact) mass is 437 g/mol. The largest absolute Gasteiger partial charge is 0.497 e. The molecule has 0 aliphatic heterocycles. The zero-order valence-corrected chi connectivity index (χ0v) is 20.0. The van der Waals surface area contributed by atoms with E-state index < -0.39 is 6.04 Å². The molecule has 3 aromatic rings. The molecule has 0 radical (unpaired) electrons. The smallest absolute Gasteiger partial charge is 0.310 e. The first kappa shape index (κ1) is 21.7. The topological polar surface area (TPSA) is 51.5 Å². The highest BCUT2D eigenvalue weighted by Gasteiger charge is 2.38. The van der Waals surface area contributed by atoms with Crippen LogP contribution in [0.4, 0.5) is 0 Å². The molecule has 0 amide bonds. The van der Waals surface area contributed by atoms with Crippen molar-refractivity contribution in [2.24, 2.45) is 0 Å². The molecule has 1 aliphatic carbocycles. The van der Waals surface area contributed by atoms with E-state index >= 15 is 0 Å². The molecule has 1 aromatic heterocycles. The standard InChI is InChI=1S/C26H31NO3S/c1-16-13-20-21(26(4,5)12-11-25(20,2)3)14-19(16)23(27-22(28)15-31-24(27)29)17-7-9-18(30-6)10-8-17/h7-10,13-15,23,28H,11-12H2,1-6H3. The van der Waals surface area contributed by atoms with Gasteiger partial charge in [0.2, 0.25) is 5.88 Å². The number of benzene rings is 2. The first-order valence-electron chi connectivity index (χ1n) is 10.7. The van der Waals surface area contributed by atoms with Crippen LogP contribution in [0.2, 0.25) is 0 Å². The fourth-order valence-electron chi connectivity index (χ4n) is 4.84. The molecule has 1 heterocycles. The van der Waals surface area contributed by atoms with Gasteiger partial charge in [0, 0.05) is 0 Å². The van der Waals surface area contributed by atoms with Gasteiger partial charge in [0.1, 0.15) is 5.75 Å². The van der Waals surface area contributed by atoms with Crippen LogP contribution in [0.5, 0.6) is 11.6 Å². The van der Waals surface area contributed by atoms with E-state index in [1.165, 1.54) is 21.1 Å². The average Bonchev–Trinajstić information content (AvgIpc) is 3.05. The molecule has 2 aromatic carbocycles. The number of aromatic nitrogens is 1. The van der Waals surface area contributed by atoms with Crippen LogP contribution in [0.25, 0.3) is 0 Å². The molecule has 4 rings (SSSR count). The summed E-state index contributed by atoms with van der Waals surface area (Å²) in [6.45, 7) is 11.3. The zero-order valence-electron chi connectivity index (χ0n) is 19.2. The molecule has 5 heteroatoms. The fourth-order valence-corrected chi connectivity index (χ4v) is 5.47. The second-order valence-corrected chi connectivity index (χ2v) is 10.7. The SMILES string of the molecule is COc1ccc(C(c2cc3c(cc2C)C(C)(C)CCC3(C)C)n2c(O)csc2=O)cc1. The van der Waals surface area contributed by atoms with Crippen molar-refractivity contribution in [1.29, 1.82) is 0 Å². The summed E-state index contributed by atoms with van der Waals surface area (Å²) in [5.41, 5.74) is 6.01.